The maximum atomic E-state index is 8.55. The van der Waals surface area contributed by atoms with Gasteiger partial charge in [-0.2, -0.15) is 0 Å². The summed E-state index contributed by atoms with van der Waals surface area (Å²) >= 11 is 0. The van der Waals surface area contributed by atoms with E-state index in [9.17, 15) is 0 Å². The van der Waals surface area contributed by atoms with E-state index in [1.807, 2.05) is 48.5 Å². The molecule has 0 amide bonds. The Morgan fingerprint density at radius 1 is 1.21 bits per heavy atom. The van der Waals surface area contributed by atoms with E-state index in [0.717, 1.165) is 16.7 Å². The third-order valence-electron chi connectivity index (χ3n) is 2.79. The predicted molar refractivity (Wildman–Crippen MR) is 76.6 cm³/mol. The van der Waals surface area contributed by atoms with E-state index in [1.165, 1.54) is 0 Å². The number of methoxy groups -OCH3 is 1. The summed E-state index contributed by atoms with van der Waals surface area (Å²) in [5, 5.41) is 3.59. The minimum Gasteiger partial charge on any atom is -0.497 e. The minimum absolute atomic E-state index is 0.375. The Bertz CT molecular complexity index is 644. The number of nitrogens with zero attached hydrogens (tertiary/aromatic N) is 3. The molecule has 94 valence electrons. The summed E-state index contributed by atoms with van der Waals surface area (Å²) in [4.78, 5) is 2.79. The molecule has 0 aliphatic heterocycles. The highest BCUT2D eigenvalue weighted by Gasteiger charge is 2.08. The van der Waals surface area contributed by atoms with E-state index in [0.29, 0.717) is 11.4 Å². The largest absolute Gasteiger partial charge is 0.497 e. The fourth-order valence-corrected chi connectivity index (χ4v) is 1.87. The third kappa shape index (κ3) is 2.76. The van der Waals surface area contributed by atoms with Crippen molar-refractivity contribution in [3.8, 4) is 16.9 Å². The normalized spacial score (nSPS) is 9.53. The summed E-state index contributed by atoms with van der Waals surface area (Å²) in [6.45, 7) is 3.80. The topological polar surface area (TPSA) is 58.0 Å². The molecule has 0 radical (unpaired) electrons. The van der Waals surface area contributed by atoms with E-state index in [-0.39, 0.29) is 0 Å². The van der Waals surface area contributed by atoms with Crippen LogP contribution in [0.4, 0.5) is 0 Å². The average molecular weight is 251 g/mol. The molecule has 0 saturated carbocycles. The van der Waals surface area contributed by atoms with Crippen LogP contribution in [0.1, 0.15) is 5.56 Å². The lowest BCUT2D eigenvalue weighted by Crippen LogP contribution is -1.90. The van der Waals surface area contributed by atoms with Gasteiger partial charge >= 0.3 is 0 Å². The lowest BCUT2D eigenvalue weighted by molar-refractivity contribution is 0.414. The molecular formula is C15H13N3O. The summed E-state index contributed by atoms with van der Waals surface area (Å²) < 4.78 is 5.20. The maximum Gasteiger partial charge on any atom is 0.119 e. The molecule has 0 aliphatic rings. The molecule has 0 spiro atoms. The molecule has 0 bridgehead atoms. The van der Waals surface area contributed by atoms with Crippen LogP contribution in [0.25, 0.3) is 27.3 Å². The molecule has 2 rings (SSSR count). The van der Waals surface area contributed by atoms with Gasteiger partial charge in [-0.05, 0) is 34.4 Å². The van der Waals surface area contributed by atoms with Crippen LogP contribution in [-0.4, -0.2) is 7.11 Å². The highest BCUT2D eigenvalue weighted by molar-refractivity contribution is 5.81. The number of hydrogen-bond acceptors (Lipinski definition) is 2. The lowest BCUT2D eigenvalue weighted by atomic mass is 9.98. The van der Waals surface area contributed by atoms with E-state index in [2.05, 4.69) is 16.6 Å². The molecule has 4 nitrogen and oxygen atoms in total. The molecule has 0 atom stereocenters. The van der Waals surface area contributed by atoms with Crippen molar-refractivity contribution in [2.24, 2.45) is 5.11 Å². The Morgan fingerprint density at radius 3 is 2.58 bits per heavy atom. The van der Waals surface area contributed by atoms with Crippen molar-refractivity contribution in [2.75, 3.05) is 7.11 Å². The zero-order valence-electron chi connectivity index (χ0n) is 10.6. The summed E-state index contributed by atoms with van der Waals surface area (Å²) in [7, 11) is 1.59. The van der Waals surface area contributed by atoms with Crippen LogP contribution in [0, 0.1) is 0 Å². The Kier molecular flexibility index (Phi) is 3.86. The van der Waals surface area contributed by atoms with Gasteiger partial charge in [0.25, 0.3) is 0 Å². The average Bonchev–Trinajstić information content (AvgIpc) is 2.47. The summed E-state index contributed by atoms with van der Waals surface area (Å²) in [5.41, 5.74) is 11.7. The third-order valence-corrected chi connectivity index (χ3v) is 2.79. The number of rotatable bonds is 4. The zero-order valence-corrected chi connectivity index (χ0v) is 10.6. The standard InChI is InChI=1S/C15H13N3O/c1-11(17-18-16)15-10-13(19-2)8-9-14(15)12-6-4-3-5-7-12/h3-10H,1H2,2H3. The smallest absolute Gasteiger partial charge is 0.119 e. The molecule has 2 aromatic rings. The van der Waals surface area contributed by atoms with Crippen LogP contribution in [0.2, 0.25) is 0 Å². The van der Waals surface area contributed by atoms with Crippen molar-refractivity contribution < 1.29 is 4.74 Å². The molecule has 0 unspecified atom stereocenters. The quantitative estimate of drug-likeness (QED) is 0.443. The van der Waals surface area contributed by atoms with Crippen molar-refractivity contribution in [1.82, 2.24) is 0 Å². The molecular weight excluding hydrogens is 238 g/mol. The summed E-state index contributed by atoms with van der Waals surface area (Å²) in [5.74, 6) is 0.698. The highest BCUT2D eigenvalue weighted by Crippen LogP contribution is 2.32. The molecule has 2 aromatic carbocycles. The number of ether oxygens (including phenoxy) is 1. The maximum absolute atomic E-state index is 8.55. The Balaban J connectivity index is 2.60. The Labute approximate surface area is 111 Å². The SMILES string of the molecule is C=C(N=[N+]=[N-])c1cc(OC)ccc1-c1ccccc1. The fourth-order valence-electron chi connectivity index (χ4n) is 1.87. The second kappa shape index (κ2) is 5.76. The van der Waals surface area contributed by atoms with E-state index in [4.69, 9.17) is 10.3 Å². The molecule has 0 heterocycles. The molecule has 0 N–H and O–H groups in total. The summed E-state index contributed by atoms with van der Waals surface area (Å²) in [6.07, 6.45) is 0. The second-order valence-electron chi connectivity index (χ2n) is 3.91. The molecule has 0 saturated heterocycles. The molecule has 19 heavy (non-hydrogen) atoms. The van der Waals surface area contributed by atoms with Gasteiger partial charge in [-0.15, -0.1) is 0 Å². The van der Waals surface area contributed by atoms with Crippen molar-refractivity contribution in [1.29, 1.82) is 0 Å². The van der Waals surface area contributed by atoms with Gasteiger partial charge in [0.15, 0.2) is 0 Å². The minimum atomic E-state index is 0.375. The number of hydrogen-bond donors (Lipinski definition) is 0. The van der Waals surface area contributed by atoms with Gasteiger partial charge in [-0.1, -0.05) is 48.1 Å². The van der Waals surface area contributed by atoms with Crippen LogP contribution in [-0.2, 0) is 0 Å². The van der Waals surface area contributed by atoms with Crippen LogP contribution in [0.3, 0.4) is 0 Å². The molecule has 4 heteroatoms. The first kappa shape index (κ1) is 12.7. The fraction of sp³-hybridized carbons (Fsp3) is 0.0667. The molecule has 0 aliphatic carbocycles. The monoisotopic (exact) mass is 251 g/mol. The first-order chi connectivity index (χ1) is 9.26. The van der Waals surface area contributed by atoms with Crippen molar-refractivity contribution in [2.45, 2.75) is 0 Å². The van der Waals surface area contributed by atoms with E-state index in [1.54, 1.807) is 7.11 Å². The van der Waals surface area contributed by atoms with Gasteiger partial charge in [0.1, 0.15) is 5.75 Å². The van der Waals surface area contributed by atoms with Gasteiger partial charge in [0.2, 0.25) is 0 Å². The molecule has 0 aromatic heterocycles. The predicted octanol–water partition coefficient (Wildman–Crippen LogP) is 4.64. The number of azide groups is 1. The van der Waals surface area contributed by atoms with Gasteiger partial charge in [0, 0.05) is 10.6 Å². The van der Waals surface area contributed by atoms with E-state index < -0.39 is 0 Å². The van der Waals surface area contributed by atoms with Crippen molar-refractivity contribution in [3.63, 3.8) is 0 Å². The second-order valence-corrected chi connectivity index (χ2v) is 3.91. The van der Waals surface area contributed by atoms with Gasteiger partial charge in [-0.25, -0.2) is 0 Å². The zero-order chi connectivity index (χ0) is 13.7. The van der Waals surface area contributed by atoms with Crippen LogP contribution in [0.15, 0.2) is 60.2 Å². The van der Waals surface area contributed by atoms with Crippen molar-refractivity contribution >= 4 is 5.70 Å². The van der Waals surface area contributed by atoms with E-state index >= 15 is 0 Å². The Hall–Kier alpha value is -2.71. The lowest BCUT2D eigenvalue weighted by Gasteiger charge is -2.11. The first-order valence-corrected chi connectivity index (χ1v) is 5.74. The summed E-state index contributed by atoms with van der Waals surface area (Å²) in [6, 6.07) is 15.5. The highest BCUT2D eigenvalue weighted by atomic mass is 16.5. The van der Waals surface area contributed by atoms with Crippen LogP contribution in [0.5, 0.6) is 5.75 Å². The van der Waals surface area contributed by atoms with Crippen LogP contribution >= 0.6 is 0 Å². The Morgan fingerprint density at radius 2 is 1.95 bits per heavy atom. The first-order valence-electron chi connectivity index (χ1n) is 5.74. The van der Waals surface area contributed by atoms with Gasteiger partial charge in [0.05, 0.1) is 7.11 Å². The molecule has 0 fully saturated rings. The number of benzene rings is 2. The van der Waals surface area contributed by atoms with Gasteiger partial charge in [-0.3, -0.25) is 0 Å². The van der Waals surface area contributed by atoms with Gasteiger partial charge < -0.3 is 4.74 Å². The van der Waals surface area contributed by atoms with Crippen LogP contribution < -0.4 is 4.74 Å². The van der Waals surface area contributed by atoms with Crippen molar-refractivity contribution in [3.05, 3.63) is 71.1 Å².